The Morgan fingerprint density at radius 2 is 2.11 bits per heavy atom. The quantitative estimate of drug-likeness (QED) is 0.723. The molecule has 0 fully saturated rings. The average molecular weight is 273 g/mol. The van der Waals surface area contributed by atoms with Gasteiger partial charge in [-0.15, -0.1) is 0 Å². The minimum Gasteiger partial charge on any atom is -0.504 e. The van der Waals surface area contributed by atoms with Gasteiger partial charge in [-0.1, -0.05) is 6.07 Å². The normalized spacial score (nSPS) is 11.4. The van der Waals surface area contributed by atoms with Crippen molar-refractivity contribution in [1.29, 1.82) is 0 Å². The Morgan fingerprint density at radius 3 is 2.72 bits per heavy atom. The average Bonchev–Trinajstić information content (AvgIpc) is 2.28. The summed E-state index contributed by atoms with van der Waals surface area (Å²) in [5.74, 6) is 0.667. The number of phenolic OH excluding ortho intramolecular Hbond substituents is 1. The van der Waals surface area contributed by atoms with Crippen LogP contribution >= 0.6 is 0 Å². The van der Waals surface area contributed by atoms with E-state index < -0.39 is 9.84 Å². The van der Waals surface area contributed by atoms with Crippen molar-refractivity contribution in [2.45, 2.75) is 13.5 Å². The third-order valence-corrected chi connectivity index (χ3v) is 3.25. The van der Waals surface area contributed by atoms with Gasteiger partial charge in [-0.25, -0.2) is 8.42 Å². The minimum absolute atomic E-state index is 0.108. The predicted molar refractivity (Wildman–Crippen MR) is 70.7 cm³/mol. The van der Waals surface area contributed by atoms with E-state index in [0.717, 1.165) is 5.56 Å². The summed E-state index contributed by atoms with van der Waals surface area (Å²) in [4.78, 5) is 0. The van der Waals surface area contributed by atoms with E-state index in [1.807, 2.05) is 6.92 Å². The fourth-order valence-electron chi connectivity index (χ4n) is 1.43. The van der Waals surface area contributed by atoms with E-state index in [4.69, 9.17) is 4.74 Å². The Kier molecular flexibility index (Phi) is 5.43. The van der Waals surface area contributed by atoms with Crippen LogP contribution in [0.15, 0.2) is 18.2 Å². The van der Waals surface area contributed by atoms with Crippen LogP contribution in [0.3, 0.4) is 0 Å². The summed E-state index contributed by atoms with van der Waals surface area (Å²) in [7, 11) is -2.93. The molecule has 0 aromatic heterocycles. The molecule has 6 heteroatoms. The zero-order valence-corrected chi connectivity index (χ0v) is 11.5. The van der Waals surface area contributed by atoms with Gasteiger partial charge in [-0.3, -0.25) is 0 Å². The molecule has 0 saturated heterocycles. The van der Waals surface area contributed by atoms with E-state index in [9.17, 15) is 13.5 Å². The number of hydrogen-bond donors (Lipinski definition) is 2. The summed E-state index contributed by atoms with van der Waals surface area (Å²) < 4.78 is 27.1. The van der Waals surface area contributed by atoms with Crippen LogP contribution in [0, 0.1) is 0 Å². The smallest absolute Gasteiger partial charge is 0.161 e. The van der Waals surface area contributed by atoms with Gasteiger partial charge in [0.25, 0.3) is 0 Å². The lowest BCUT2D eigenvalue weighted by Crippen LogP contribution is -2.21. The van der Waals surface area contributed by atoms with Crippen molar-refractivity contribution >= 4 is 9.84 Å². The molecule has 0 aliphatic rings. The van der Waals surface area contributed by atoms with Crippen LogP contribution in [-0.4, -0.2) is 38.7 Å². The Labute approximate surface area is 108 Å². The molecule has 0 bridgehead atoms. The largest absolute Gasteiger partial charge is 0.504 e. The summed E-state index contributed by atoms with van der Waals surface area (Å²) >= 11 is 0. The van der Waals surface area contributed by atoms with Crippen LogP contribution in [-0.2, 0) is 16.4 Å². The predicted octanol–water partition coefficient (Wildman–Crippen LogP) is 0.925. The molecule has 5 nitrogen and oxygen atoms in total. The molecule has 0 unspecified atom stereocenters. The molecular formula is C12H19NO4S. The summed E-state index contributed by atoms with van der Waals surface area (Å²) in [6, 6.07) is 5.08. The van der Waals surface area contributed by atoms with E-state index in [-0.39, 0.29) is 11.5 Å². The molecule has 0 amide bonds. The number of aromatic hydroxyl groups is 1. The Morgan fingerprint density at radius 1 is 1.39 bits per heavy atom. The van der Waals surface area contributed by atoms with Crippen LogP contribution in [0.25, 0.3) is 0 Å². The number of benzene rings is 1. The van der Waals surface area contributed by atoms with Crippen molar-refractivity contribution in [1.82, 2.24) is 5.32 Å². The molecule has 0 heterocycles. The summed E-state index contributed by atoms with van der Waals surface area (Å²) in [5.41, 5.74) is 0.935. The number of sulfone groups is 1. The van der Waals surface area contributed by atoms with Crippen molar-refractivity contribution in [3.63, 3.8) is 0 Å². The maximum absolute atomic E-state index is 10.9. The highest BCUT2D eigenvalue weighted by Crippen LogP contribution is 2.26. The fraction of sp³-hybridized carbons (Fsp3) is 0.500. The highest BCUT2D eigenvalue weighted by atomic mass is 32.2. The lowest BCUT2D eigenvalue weighted by Gasteiger charge is -2.09. The van der Waals surface area contributed by atoms with E-state index in [2.05, 4.69) is 5.32 Å². The lowest BCUT2D eigenvalue weighted by atomic mass is 10.2. The van der Waals surface area contributed by atoms with Crippen molar-refractivity contribution in [3.05, 3.63) is 23.8 Å². The van der Waals surface area contributed by atoms with Crippen molar-refractivity contribution < 1.29 is 18.3 Å². The minimum atomic E-state index is -2.93. The van der Waals surface area contributed by atoms with Crippen LogP contribution in [0.1, 0.15) is 12.5 Å². The fourth-order valence-corrected chi connectivity index (χ4v) is 1.95. The molecule has 2 N–H and O–H groups in total. The zero-order chi connectivity index (χ0) is 13.6. The molecule has 1 rings (SSSR count). The number of ether oxygens (including phenoxy) is 1. The number of rotatable bonds is 7. The van der Waals surface area contributed by atoms with E-state index in [0.29, 0.717) is 25.4 Å². The first-order valence-electron chi connectivity index (χ1n) is 5.75. The Hall–Kier alpha value is -1.27. The third kappa shape index (κ3) is 5.37. The lowest BCUT2D eigenvalue weighted by molar-refractivity contribution is 0.317. The van der Waals surface area contributed by atoms with Crippen molar-refractivity contribution in [2.75, 3.05) is 25.2 Å². The van der Waals surface area contributed by atoms with Gasteiger partial charge in [0.15, 0.2) is 11.5 Å². The molecule has 0 aliphatic carbocycles. The second-order valence-electron chi connectivity index (χ2n) is 4.04. The van der Waals surface area contributed by atoms with Gasteiger partial charge in [0, 0.05) is 19.3 Å². The molecule has 102 valence electrons. The highest BCUT2D eigenvalue weighted by Gasteiger charge is 2.04. The summed E-state index contributed by atoms with van der Waals surface area (Å²) in [6.45, 7) is 3.27. The van der Waals surface area contributed by atoms with Crippen LogP contribution in [0.4, 0.5) is 0 Å². The number of phenols is 1. The summed E-state index contributed by atoms with van der Waals surface area (Å²) in [5, 5.41) is 12.6. The van der Waals surface area contributed by atoms with E-state index in [1.165, 1.54) is 6.26 Å². The molecule has 1 aromatic rings. The van der Waals surface area contributed by atoms with Crippen molar-refractivity contribution in [3.8, 4) is 11.5 Å². The van der Waals surface area contributed by atoms with Gasteiger partial charge < -0.3 is 15.2 Å². The first-order chi connectivity index (χ1) is 8.42. The first-order valence-corrected chi connectivity index (χ1v) is 7.81. The van der Waals surface area contributed by atoms with Gasteiger partial charge >= 0.3 is 0 Å². The standard InChI is InChI=1S/C12H19NO4S/c1-3-17-12-8-10(4-5-11(12)14)9-13-6-7-18(2,15)16/h4-5,8,13-14H,3,6-7,9H2,1-2H3. The summed E-state index contributed by atoms with van der Waals surface area (Å²) in [6.07, 6.45) is 1.21. The van der Waals surface area contributed by atoms with Crippen LogP contribution < -0.4 is 10.1 Å². The number of nitrogens with one attached hydrogen (secondary N) is 1. The second-order valence-corrected chi connectivity index (χ2v) is 6.30. The van der Waals surface area contributed by atoms with Crippen LogP contribution in [0.2, 0.25) is 0 Å². The van der Waals surface area contributed by atoms with Crippen molar-refractivity contribution in [2.24, 2.45) is 0 Å². The molecule has 0 aliphatic heterocycles. The van der Waals surface area contributed by atoms with Gasteiger partial charge in [0.05, 0.1) is 12.4 Å². The molecule has 0 atom stereocenters. The van der Waals surface area contributed by atoms with Gasteiger partial charge in [0.2, 0.25) is 0 Å². The maximum atomic E-state index is 10.9. The Balaban J connectivity index is 2.50. The molecule has 0 saturated carbocycles. The first kappa shape index (κ1) is 14.8. The number of hydrogen-bond acceptors (Lipinski definition) is 5. The van der Waals surface area contributed by atoms with Crippen LogP contribution in [0.5, 0.6) is 11.5 Å². The van der Waals surface area contributed by atoms with E-state index in [1.54, 1.807) is 18.2 Å². The Bertz CT molecular complexity index is 485. The molecule has 1 aromatic carbocycles. The maximum Gasteiger partial charge on any atom is 0.161 e. The highest BCUT2D eigenvalue weighted by molar-refractivity contribution is 7.90. The second kappa shape index (κ2) is 6.61. The van der Waals surface area contributed by atoms with Gasteiger partial charge in [0.1, 0.15) is 9.84 Å². The molecule has 0 spiro atoms. The zero-order valence-electron chi connectivity index (χ0n) is 10.6. The third-order valence-electron chi connectivity index (χ3n) is 2.30. The molecular weight excluding hydrogens is 254 g/mol. The topological polar surface area (TPSA) is 75.6 Å². The van der Waals surface area contributed by atoms with Gasteiger partial charge in [-0.2, -0.15) is 0 Å². The molecule has 0 radical (unpaired) electrons. The van der Waals surface area contributed by atoms with E-state index >= 15 is 0 Å². The SMILES string of the molecule is CCOc1cc(CNCCS(C)(=O)=O)ccc1O. The van der Waals surface area contributed by atoms with Gasteiger partial charge in [-0.05, 0) is 24.6 Å². The monoisotopic (exact) mass is 273 g/mol. The molecule has 18 heavy (non-hydrogen) atoms.